The fraction of sp³-hybridized carbons (Fsp3) is 0.944. The van der Waals surface area contributed by atoms with E-state index < -0.39 is 5.41 Å². The number of piperidine rings is 1. The number of carbonyl (C=O) groups excluding carboxylic acids is 1. The van der Waals surface area contributed by atoms with E-state index in [9.17, 15) is 4.79 Å². The zero-order valence-electron chi connectivity index (χ0n) is 15.2. The highest BCUT2D eigenvalue weighted by molar-refractivity contribution is 5.83. The number of ether oxygens (including phenoxy) is 1. The average Bonchev–Trinajstić information content (AvgIpc) is 2.60. The predicted molar refractivity (Wildman–Crippen MR) is 93.2 cm³/mol. The number of nitrogens with zero attached hydrogens (tertiary/aromatic N) is 1. The minimum atomic E-state index is -0.428. The maximum Gasteiger partial charge on any atom is 0.227 e. The summed E-state index contributed by atoms with van der Waals surface area (Å²) < 4.78 is 5.40. The molecule has 0 spiro atoms. The lowest BCUT2D eigenvalue weighted by Gasteiger charge is -2.44. The van der Waals surface area contributed by atoms with Crippen LogP contribution >= 0.6 is 0 Å². The highest BCUT2D eigenvalue weighted by atomic mass is 16.5. The van der Waals surface area contributed by atoms with Crippen molar-refractivity contribution in [3.63, 3.8) is 0 Å². The number of carbonyl (C=O) groups is 1. The normalized spacial score (nSPS) is 26.0. The van der Waals surface area contributed by atoms with Crippen LogP contribution in [0.1, 0.15) is 52.9 Å². The third-order valence-electron chi connectivity index (χ3n) is 5.96. The number of rotatable bonds is 6. The predicted octanol–water partition coefficient (Wildman–Crippen LogP) is 1.76. The van der Waals surface area contributed by atoms with Gasteiger partial charge in [0.05, 0.1) is 5.41 Å². The largest absolute Gasteiger partial charge is 0.381 e. The molecule has 0 aromatic carbocycles. The highest BCUT2D eigenvalue weighted by Crippen LogP contribution is 2.30. The first-order chi connectivity index (χ1) is 10.9. The molecule has 2 aliphatic rings. The van der Waals surface area contributed by atoms with Crippen molar-refractivity contribution in [3.05, 3.63) is 0 Å². The third-order valence-corrected chi connectivity index (χ3v) is 5.96. The summed E-state index contributed by atoms with van der Waals surface area (Å²) in [4.78, 5) is 15.3. The number of hydrogen-bond acceptors (Lipinski definition) is 4. The van der Waals surface area contributed by atoms with Crippen molar-refractivity contribution < 1.29 is 9.53 Å². The summed E-state index contributed by atoms with van der Waals surface area (Å²) in [5, 5.41) is 3.20. The minimum absolute atomic E-state index is 0.00947. The summed E-state index contributed by atoms with van der Waals surface area (Å²) >= 11 is 0. The van der Waals surface area contributed by atoms with Crippen molar-refractivity contribution in [1.29, 1.82) is 0 Å². The van der Waals surface area contributed by atoms with Crippen molar-refractivity contribution in [3.8, 4) is 0 Å². The van der Waals surface area contributed by atoms with Crippen molar-refractivity contribution in [2.75, 3.05) is 39.4 Å². The van der Waals surface area contributed by atoms with Crippen LogP contribution in [0.3, 0.4) is 0 Å². The van der Waals surface area contributed by atoms with Gasteiger partial charge in [0.25, 0.3) is 0 Å². The molecule has 0 aromatic rings. The number of nitrogens with one attached hydrogen (secondary N) is 1. The molecule has 2 heterocycles. The molecule has 0 aromatic heterocycles. The van der Waals surface area contributed by atoms with Gasteiger partial charge >= 0.3 is 0 Å². The number of nitrogens with two attached hydrogens (primary N) is 1. The lowest BCUT2D eigenvalue weighted by Crippen LogP contribution is -2.57. The summed E-state index contributed by atoms with van der Waals surface area (Å²) in [5.74, 6) is 0.907. The van der Waals surface area contributed by atoms with Crippen LogP contribution in [0.4, 0.5) is 0 Å². The lowest BCUT2D eigenvalue weighted by molar-refractivity contribution is -0.136. The van der Waals surface area contributed by atoms with E-state index in [4.69, 9.17) is 10.5 Å². The first-order valence-electron chi connectivity index (χ1n) is 9.25. The Labute approximate surface area is 141 Å². The van der Waals surface area contributed by atoms with Crippen molar-refractivity contribution >= 4 is 5.91 Å². The number of hydrogen-bond donors (Lipinski definition) is 2. The van der Waals surface area contributed by atoms with Crippen LogP contribution in [-0.4, -0.2) is 55.7 Å². The van der Waals surface area contributed by atoms with Crippen LogP contribution in [-0.2, 0) is 9.53 Å². The third kappa shape index (κ3) is 4.46. The molecule has 134 valence electrons. The van der Waals surface area contributed by atoms with Gasteiger partial charge in [0.15, 0.2) is 0 Å². The molecule has 2 aliphatic heterocycles. The second-order valence-electron chi connectivity index (χ2n) is 7.95. The van der Waals surface area contributed by atoms with Gasteiger partial charge in [0, 0.05) is 38.4 Å². The molecule has 2 fully saturated rings. The molecular formula is C18H35N3O2. The van der Waals surface area contributed by atoms with Gasteiger partial charge in [-0.15, -0.1) is 0 Å². The van der Waals surface area contributed by atoms with E-state index in [1.54, 1.807) is 0 Å². The summed E-state index contributed by atoms with van der Waals surface area (Å²) in [5.41, 5.74) is 5.49. The molecule has 1 amide bonds. The van der Waals surface area contributed by atoms with E-state index in [1.807, 2.05) is 0 Å². The summed E-state index contributed by atoms with van der Waals surface area (Å²) in [6, 6.07) is 0. The zero-order chi connectivity index (χ0) is 16.9. The van der Waals surface area contributed by atoms with Crippen LogP contribution in [0.5, 0.6) is 0 Å². The van der Waals surface area contributed by atoms with E-state index in [-0.39, 0.29) is 11.4 Å². The molecule has 0 saturated carbocycles. The standard InChI is InChI=1S/C18H35N3O2/c1-4-15-6-5-9-21(12-15)17(2,3)14-20-16(22)18(13-19)7-10-23-11-8-18/h15H,4-14,19H2,1-3H3,(H,20,22). The van der Waals surface area contributed by atoms with Gasteiger partial charge in [-0.3, -0.25) is 9.69 Å². The Hall–Kier alpha value is -0.650. The highest BCUT2D eigenvalue weighted by Gasteiger charge is 2.40. The minimum Gasteiger partial charge on any atom is -0.381 e. The smallest absolute Gasteiger partial charge is 0.227 e. The molecule has 1 atom stereocenters. The Kier molecular flexibility index (Phi) is 6.46. The molecule has 2 rings (SSSR count). The fourth-order valence-electron chi connectivity index (χ4n) is 3.83. The van der Waals surface area contributed by atoms with Crippen molar-refractivity contribution in [1.82, 2.24) is 10.2 Å². The van der Waals surface area contributed by atoms with Gasteiger partial charge in [-0.1, -0.05) is 13.3 Å². The van der Waals surface area contributed by atoms with Gasteiger partial charge in [0.1, 0.15) is 0 Å². The van der Waals surface area contributed by atoms with Gasteiger partial charge in [-0.05, 0) is 52.0 Å². The quantitative estimate of drug-likeness (QED) is 0.781. The van der Waals surface area contributed by atoms with E-state index in [2.05, 4.69) is 31.0 Å². The molecule has 23 heavy (non-hydrogen) atoms. The van der Waals surface area contributed by atoms with Crippen LogP contribution in [0, 0.1) is 11.3 Å². The number of likely N-dealkylation sites (tertiary alicyclic amines) is 1. The summed E-state index contributed by atoms with van der Waals surface area (Å²) in [6.07, 6.45) is 5.32. The zero-order valence-corrected chi connectivity index (χ0v) is 15.2. The van der Waals surface area contributed by atoms with Gasteiger partial charge < -0.3 is 15.8 Å². The van der Waals surface area contributed by atoms with Crippen molar-refractivity contribution in [2.45, 2.75) is 58.4 Å². The van der Waals surface area contributed by atoms with Gasteiger partial charge in [0.2, 0.25) is 5.91 Å². The van der Waals surface area contributed by atoms with Crippen LogP contribution in [0.15, 0.2) is 0 Å². The molecule has 1 unspecified atom stereocenters. The van der Waals surface area contributed by atoms with Crippen LogP contribution in [0.2, 0.25) is 0 Å². The topological polar surface area (TPSA) is 67.6 Å². The van der Waals surface area contributed by atoms with Gasteiger partial charge in [-0.25, -0.2) is 0 Å². The van der Waals surface area contributed by atoms with E-state index in [0.29, 0.717) is 26.3 Å². The molecule has 2 saturated heterocycles. The second kappa shape index (κ2) is 7.95. The first kappa shape index (κ1) is 18.7. The molecule has 3 N–H and O–H groups in total. The first-order valence-corrected chi connectivity index (χ1v) is 9.25. The second-order valence-corrected chi connectivity index (χ2v) is 7.95. The maximum atomic E-state index is 12.7. The molecule has 5 nitrogen and oxygen atoms in total. The summed E-state index contributed by atoms with van der Waals surface area (Å²) in [6.45, 7) is 11.4. The Bertz CT molecular complexity index is 392. The number of amides is 1. The lowest BCUT2D eigenvalue weighted by atomic mass is 9.79. The maximum absolute atomic E-state index is 12.7. The van der Waals surface area contributed by atoms with E-state index >= 15 is 0 Å². The SMILES string of the molecule is CCC1CCCN(C(C)(C)CNC(=O)C2(CN)CCOCC2)C1. The van der Waals surface area contributed by atoms with E-state index in [1.165, 1.54) is 19.3 Å². The molecule has 0 bridgehead atoms. The monoisotopic (exact) mass is 325 g/mol. The molecular weight excluding hydrogens is 290 g/mol. The average molecular weight is 325 g/mol. The Balaban J connectivity index is 1.91. The van der Waals surface area contributed by atoms with Crippen LogP contribution < -0.4 is 11.1 Å². The fourth-order valence-corrected chi connectivity index (χ4v) is 3.83. The molecule has 0 radical (unpaired) electrons. The Morgan fingerprint density at radius 3 is 2.70 bits per heavy atom. The van der Waals surface area contributed by atoms with Crippen LogP contribution in [0.25, 0.3) is 0 Å². The Morgan fingerprint density at radius 2 is 2.09 bits per heavy atom. The Morgan fingerprint density at radius 1 is 1.39 bits per heavy atom. The van der Waals surface area contributed by atoms with E-state index in [0.717, 1.165) is 31.8 Å². The molecule has 5 heteroatoms. The van der Waals surface area contributed by atoms with Crippen molar-refractivity contribution in [2.24, 2.45) is 17.1 Å². The van der Waals surface area contributed by atoms with Gasteiger partial charge in [-0.2, -0.15) is 0 Å². The molecule has 0 aliphatic carbocycles. The summed E-state index contributed by atoms with van der Waals surface area (Å²) in [7, 11) is 0.